The Kier molecular flexibility index (Phi) is 4.00. The van der Waals surface area contributed by atoms with Crippen LogP contribution >= 0.6 is 0 Å². The topological polar surface area (TPSA) is 47.6 Å². The Morgan fingerprint density at radius 1 is 1.25 bits per heavy atom. The van der Waals surface area contributed by atoms with Gasteiger partial charge in [-0.3, -0.25) is 10.2 Å². The third-order valence-electron chi connectivity index (χ3n) is 4.18. The number of hydrogen-bond donors (Lipinski definition) is 2. The van der Waals surface area contributed by atoms with Crippen molar-refractivity contribution in [3.63, 3.8) is 0 Å². The highest BCUT2D eigenvalue weighted by Gasteiger charge is 2.27. The Morgan fingerprint density at radius 3 is 2.80 bits per heavy atom. The quantitative estimate of drug-likeness (QED) is 0.806. The van der Waals surface area contributed by atoms with Gasteiger partial charge in [0.25, 0.3) is 0 Å². The lowest BCUT2D eigenvalue weighted by Gasteiger charge is -2.34. The molecule has 0 radical (unpaired) electrons. The van der Waals surface area contributed by atoms with Crippen molar-refractivity contribution >= 4 is 5.91 Å². The van der Waals surface area contributed by atoms with Crippen LogP contribution in [-0.2, 0) is 11.3 Å². The highest BCUT2D eigenvalue weighted by molar-refractivity contribution is 5.84. The van der Waals surface area contributed by atoms with Crippen molar-refractivity contribution in [2.24, 2.45) is 0 Å². The first-order chi connectivity index (χ1) is 9.74. The number of rotatable bonds is 2. The first-order valence-corrected chi connectivity index (χ1v) is 7.26. The molecule has 5 nitrogen and oxygen atoms in total. The summed E-state index contributed by atoms with van der Waals surface area (Å²) in [7, 11) is 2.11. The summed E-state index contributed by atoms with van der Waals surface area (Å²) in [5.41, 5.74) is 5.48. The van der Waals surface area contributed by atoms with Crippen molar-refractivity contribution in [3.8, 4) is 0 Å². The molecule has 1 aromatic carbocycles. The van der Waals surface area contributed by atoms with Gasteiger partial charge in [0.15, 0.2) is 0 Å². The minimum Gasteiger partial charge on any atom is -0.312 e. The van der Waals surface area contributed by atoms with Gasteiger partial charge < -0.3 is 10.2 Å². The molecule has 1 fully saturated rings. The molecule has 2 heterocycles. The molecule has 5 heteroatoms. The van der Waals surface area contributed by atoms with Crippen LogP contribution in [0.2, 0.25) is 0 Å². The van der Waals surface area contributed by atoms with Crippen LogP contribution < -0.4 is 10.7 Å². The van der Waals surface area contributed by atoms with Gasteiger partial charge >= 0.3 is 0 Å². The molecule has 2 aliphatic rings. The number of hydrazine groups is 1. The van der Waals surface area contributed by atoms with Crippen LogP contribution in [0.4, 0.5) is 0 Å². The second-order valence-corrected chi connectivity index (χ2v) is 5.65. The second kappa shape index (κ2) is 5.91. The molecule has 0 bridgehead atoms. The summed E-state index contributed by atoms with van der Waals surface area (Å²) in [6.07, 6.45) is 0. The predicted octanol–water partition coefficient (Wildman–Crippen LogP) is 0.152. The van der Waals surface area contributed by atoms with Crippen LogP contribution in [0.25, 0.3) is 0 Å². The first-order valence-electron chi connectivity index (χ1n) is 7.26. The summed E-state index contributed by atoms with van der Waals surface area (Å²) < 4.78 is 0. The number of piperazine rings is 1. The van der Waals surface area contributed by atoms with Gasteiger partial charge in [-0.15, -0.1) is 0 Å². The molecular weight excluding hydrogens is 252 g/mol. The Bertz CT molecular complexity index is 483. The summed E-state index contributed by atoms with van der Waals surface area (Å²) in [5.74, 6) is 0.0220. The normalized spacial score (nSPS) is 24.1. The van der Waals surface area contributed by atoms with E-state index in [0.29, 0.717) is 0 Å². The van der Waals surface area contributed by atoms with Gasteiger partial charge in [0.2, 0.25) is 5.91 Å². The molecule has 1 amide bonds. The van der Waals surface area contributed by atoms with Crippen LogP contribution in [0.1, 0.15) is 17.0 Å². The van der Waals surface area contributed by atoms with Gasteiger partial charge in [0.05, 0.1) is 5.92 Å². The van der Waals surface area contributed by atoms with Gasteiger partial charge in [-0.25, -0.2) is 5.01 Å². The van der Waals surface area contributed by atoms with E-state index in [4.69, 9.17) is 0 Å². The van der Waals surface area contributed by atoms with E-state index in [1.807, 2.05) is 17.1 Å². The Hall–Kier alpha value is -1.43. The molecule has 0 aliphatic carbocycles. The lowest BCUT2D eigenvalue weighted by molar-refractivity contribution is -0.128. The van der Waals surface area contributed by atoms with Gasteiger partial charge in [-0.05, 0) is 18.2 Å². The molecule has 2 aliphatic heterocycles. The van der Waals surface area contributed by atoms with E-state index in [2.05, 4.69) is 34.8 Å². The zero-order chi connectivity index (χ0) is 13.9. The highest BCUT2D eigenvalue weighted by Crippen LogP contribution is 2.23. The molecule has 20 heavy (non-hydrogen) atoms. The number of likely N-dealkylation sites (N-methyl/N-ethyl adjacent to an activating group) is 1. The van der Waals surface area contributed by atoms with Crippen molar-refractivity contribution in [2.75, 3.05) is 39.8 Å². The lowest BCUT2D eigenvalue weighted by atomic mass is 9.90. The van der Waals surface area contributed by atoms with E-state index >= 15 is 0 Å². The number of benzene rings is 1. The molecule has 1 aromatic rings. The van der Waals surface area contributed by atoms with Crippen LogP contribution in [-0.4, -0.2) is 55.6 Å². The molecule has 0 saturated carbocycles. The molecule has 0 spiro atoms. The lowest BCUT2D eigenvalue weighted by Crippen LogP contribution is -2.54. The van der Waals surface area contributed by atoms with Crippen molar-refractivity contribution in [1.29, 1.82) is 0 Å². The Balaban J connectivity index is 1.66. The average Bonchev–Trinajstić information content (AvgIpc) is 2.49. The average molecular weight is 274 g/mol. The molecule has 2 N–H and O–H groups in total. The van der Waals surface area contributed by atoms with Crippen LogP contribution in [0.3, 0.4) is 0 Å². The number of nitrogens with one attached hydrogen (secondary N) is 2. The summed E-state index contributed by atoms with van der Waals surface area (Å²) in [5, 5.41) is 5.37. The Labute approximate surface area is 119 Å². The molecular formula is C15H22N4O. The number of carbonyl (C=O) groups is 1. The monoisotopic (exact) mass is 274 g/mol. The maximum absolute atomic E-state index is 12.5. The van der Waals surface area contributed by atoms with Gasteiger partial charge in [-0.1, -0.05) is 24.3 Å². The fourth-order valence-electron chi connectivity index (χ4n) is 2.88. The molecule has 3 rings (SSSR count). The Morgan fingerprint density at radius 2 is 2.00 bits per heavy atom. The standard InChI is InChI=1S/C15H22N4O/c1-18-6-8-19(9-7-18)17-15(20)14-11-16-10-12-4-2-3-5-13(12)14/h2-5,14,16H,6-11H2,1H3,(H,17,20). The van der Waals surface area contributed by atoms with Crippen molar-refractivity contribution < 1.29 is 4.79 Å². The maximum atomic E-state index is 12.5. The minimum atomic E-state index is -0.0837. The third kappa shape index (κ3) is 2.85. The molecule has 1 unspecified atom stereocenters. The van der Waals surface area contributed by atoms with Gasteiger partial charge in [0.1, 0.15) is 0 Å². The summed E-state index contributed by atoms with van der Waals surface area (Å²) >= 11 is 0. The maximum Gasteiger partial charge on any atom is 0.243 e. The van der Waals surface area contributed by atoms with E-state index in [0.717, 1.165) is 44.8 Å². The SMILES string of the molecule is CN1CCN(NC(=O)C2CNCc3ccccc32)CC1. The summed E-state index contributed by atoms with van der Waals surface area (Å²) in [4.78, 5) is 14.8. The third-order valence-corrected chi connectivity index (χ3v) is 4.18. The number of nitrogens with zero attached hydrogens (tertiary/aromatic N) is 2. The number of amides is 1. The van der Waals surface area contributed by atoms with E-state index in [1.165, 1.54) is 5.56 Å². The van der Waals surface area contributed by atoms with E-state index in [-0.39, 0.29) is 11.8 Å². The second-order valence-electron chi connectivity index (χ2n) is 5.65. The molecule has 108 valence electrons. The van der Waals surface area contributed by atoms with Crippen LogP contribution in [0.5, 0.6) is 0 Å². The van der Waals surface area contributed by atoms with Crippen LogP contribution in [0, 0.1) is 0 Å². The first kappa shape index (κ1) is 13.5. The number of carbonyl (C=O) groups excluding carboxylic acids is 1. The molecule has 0 aromatic heterocycles. The largest absolute Gasteiger partial charge is 0.312 e. The number of hydrogen-bond acceptors (Lipinski definition) is 4. The summed E-state index contributed by atoms with van der Waals surface area (Å²) in [6, 6.07) is 8.21. The smallest absolute Gasteiger partial charge is 0.243 e. The predicted molar refractivity (Wildman–Crippen MR) is 78.1 cm³/mol. The van der Waals surface area contributed by atoms with E-state index in [9.17, 15) is 4.79 Å². The zero-order valence-electron chi connectivity index (χ0n) is 11.9. The van der Waals surface area contributed by atoms with Gasteiger partial charge in [-0.2, -0.15) is 0 Å². The minimum absolute atomic E-state index is 0.0837. The molecule has 1 saturated heterocycles. The van der Waals surface area contributed by atoms with Crippen LogP contribution in [0.15, 0.2) is 24.3 Å². The number of fused-ring (bicyclic) bond motifs is 1. The van der Waals surface area contributed by atoms with Crippen molar-refractivity contribution in [3.05, 3.63) is 35.4 Å². The van der Waals surface area contributed by atoms with Crippen molar-refractivity contribution in [1.82, 2.24) is 20.7 Å². The molecule has 1 atom stereocenters. The highest BCUT2D eigenvalue weighted by atomic mass is 16.2. The fourth-order valence-corrected chi connectivity index (χ4v) is 2.88. The van der Waals surface area contributed by atoms with E-state index < -0.39 is 0 Å². The summed E-state index contributed by atoms with van der Waals surface area (Å²) in [6.45, 7) is 5.36. The van der Waals surface area contributed by atoms with E-state index in [1.54, 1.807) is 0 Å². The zero-order valence-corrected chi connectivity index (χ0v) is 11.9. The fraction of sp³-hybridized carbons (Fsp3) is 0.533. The van der Waals surface area contributed by atoms with Gasteiger partial charge in [0, 0.05) is 39.3 Å². The van der Waals surface area contributed by atoms with Crippen molar-refractivity contribution in [2.45, 2.75) is 12.5 Å².